The molecule has 140 valence electrons. The predicted molar refractivity (Wildman–Crippen MR) is 98.6 cm³/mol. The molecule has 0 radical (unpaired) electrons. The van der Waals surface area contributed by atoms with Crippen molar-refractivity contribution < 1.29 is 18.5 Å². The number of nitro benzene ring substituents is 1. The highest BCUT2D eigenvalue weighted by Crippen LogP contribution is 2.29. The van der Waals surface area contributed by atoms with Gasteiger partial charge in [0.1, 0.15) is 5.69 Å². The number of benzene rings is 2. The van der Waals surface area contributed by atoms with Gasteiger partial charge in [0.2, 0.25) is 5.91 Å². The normalized spacial score (nSPS) is 13.9. The highest BCUT2D eigenvalue weighted by molar-refractivity contribution is 6.02. The molecule has 1 amide bonds. The molecule has 0 bridgehead atoms. The van der Waals surface area contributed by atoms with E-state index in [2.05, 4.69) is 5.32 Å². The van der Waals surface area contributed by atoms with Crippen LogP contribution in [0.3, 0.4) is 0 Å². The molecule has 0 unspecified atom stereocenters. The van der Waals surface area contributed by atoms with Gasteiger partial charge in [-0.25, -0.2) is 8.78 Å². The van der Waals surface area contributed by atoms with E-state index in [0.29, 0.717) is 18.7 Å². The molecule has 1 fully saturated rings. The van der Waals surface area contributed by atoms with Crippen molar-refractivity contribution in [1.82, 2.24) is 0 Å². The molecule has 0 aromatic heterocycles. The third-order valence-corrected chi connectivity index (χ3v) is 4.21. The Balaban J connectivity index is 1.70. The molecule has 3 rings (SSSR count). The fourth-order valence-corrected chi connectivity index (χ4v) is 2.98. The summed E-state index contributed by atoms with van der Waals surface area (Å²) < 4.78 is 28.5. The first-order chi connectivity index (χ1) is 12.9. The van der Waals surface area contributed by atoms with Crippen molar-refractivity contribution in [2.24, 2.45) is 0 Å². The molecule has 6 nitrogen and oxygen atoms in total. The van der Waals surface area contributed by atoms with E-state index >= 15 is 0 Å². The Bertz CT molecular complexity index is 886. The van der Waals surface area contributed by atoms with Crippen LogP contribution in [-0.2, 0) is 4.79 Å². The Labute approximate surface area is 154 Å². The topological polar surface area (TPSA) is 75.5 Å². The van der Waals surface area contributed by atoms with Crippen LogP contribution in [0.25, 0.3) is 6.08 Å². The van der Waals surface area contributed by atoms with Crippen LogP contribution in [-0.4, -0.2) is 23.9 Å². The molecule has 1 aliphatic heterocycles. The molecule has 1 N–H and O–H groups in total. The fourth-order valence-electron chi connectivity index (χ4n) is 2.98. The van der Waals surface area contributed by atoms with Gasteiger partial charge in [0.15, 0.2) is 11.6 Å². The smallest absolute Gasteiger partial charge is 0.270 e. The summed E-state index contributed by atoms with van der Waals surface area (Å²) in [5.41, 5.74) is 0.291. The number of rotatable bonds is 5. The molecular weight excluding hydrogens is 356 g/mol. The Morgan fingerprint density at radius 1 is 1.15 bits per heavy atom. The molecule has 2 aromatic rings. The number of nitrogens with one attached hydrogen (secondary N) is 1. The third-order valence-electron chi connectivity index (χ3n) is 4.21. The minimum atomic E-state index is -0.727. The standard InChI is InChI=1S/C19H17F2N3O3/c20-16-11-14(12-17(21)19(16)23-8-1-2-9-23)22-18(25)7-6-13-4-3-5-15(10-13)24(26)27/h3-7,10-12H,1-2,8-9H2,(H,22,25)/b7-6+. The molecule has 0 aliphatic carbocycles. The fraction of sp³-hybridized carbons (Fsp3) is 0.211. The van der Waals surface area contributed by atoms with Crippen LogP contribution >= 0.6 is 0 Å². The molecule has 0 atom stereocenters. The largest absolute Gasteiger partial charge is 0.367 e. The second-order valence-electron chi connectivity index (χ2n) is 6.16. The van der Waals surface area contributed by atoms with Crippen LogP contribution in [0, 0.1) is 21.7 Å². The van der Waals surface area contributed by atoms with Crippen molar-refractivity contribution >= 4 is 29.0 Å². The van der Waals surface area contributed by atoms with Crippen LogP contribution in [0.2, 0.25) is 0 Å². The van der Waals surface area contributed by atoms with Gasteiger partial charge < -0.3 is 10.2 Å². The van der Waals surface area contributed by atoms with Gasteiger partial charge in [-0.05, 0) is 36.6 Å². The molecular formula is C19H17F2N3O3. The Kier molecular flexibility index (Phi) is 5.44. The summed E-state index contributed by atoms with van der Waals surface area (Å²) in [6.07, 6.45) is 4.30. The van der Waals surface area contributed by atoms with E-state index in [1.54, 1.807) is 11.0 Å². The van der Waals surface area contributed by atoms with Crippen molar-refractivity contribution in [1.29, 1.82) is 0 Å². The number of amides is 1. The zero-order valence-corrected chi connectivity index (χ0v) is 14.3. The number of carbonyl (C=O) groups excluding carboxylic acids is 1. The van der Waals surface area contributed by atoms with Crippen LogP contribution in [0.5, 0.6) is 0 Å². The maximum atomic E-state index is 14.3. The Morgan fingerprint density at radius 3 is 2.44 bits per heavy atom. The summed E-state index contributed by atoms with van der Waals surface area (Å²) in [6, 6.07) is 7.91. The summed E-state index contributed by atoms with van der Waals surface area (Å²) in [4.78, 5) is 23.8. The average molecular weight is 373 g/mol. The average Bonchev–Trinajstić information content (AvgIpc) is 3.14. The SMILES string of the molecule is O=C(/C=C/c1cccc([N+](=O)[O-])c1)Nc1cc(F)c(N2CCCC2)c(F)c1. The lowest BCUT2D eigenvalue weighted by Crippen LogP contribution is -2.21. The van der Waals surface area contributed by atoms with Crippen LogP contribution in [0.1, 0.15) is 18.4 Å². The Morgan fingerprint density at radius 2 is 1.81 bits per heavy atom. The maximum absolute atomic E-state index is 14.3. The van der Waals surface area contributed by atoms with Crippen LogP contribution in [0.4, 0.5) is 25.8 Å². The zero-order valence-electron chi connectivity index (χ0n) is 14.3. The second kappa shape index (κ2) is 7.94. The van der Waals surface area contributed by atoms with Crippen molar-refractivity contribution in [2.45, 2.75) is 12.8 Å². The lowest BCUT2D eigenvalue weighted by Gasteiger charge is -2.19. The van der Waals surface area contributed by atoms with Crippen molar-refractivity contribution in [2.75, 3.05) is 23.3 Å². The first-order valence-corrected chi connectivity index (χ1v) is 8.41. The molecule has 0 saturated carbocycles. The van der Waals surface area contributed by atoms with E-state index in [9.17, 15) is 23.7 Å². The van der Waals surface area contributed by atoms with Crippen molar-refractivity contribution in [3.8, 4) is 0 Å². The van der Waals surface area contributed by atoms with E-state index < -0.39 is 22.5 Å². The van der Waals surface area contributed by atoms with E-state index in [1.165, 1.54) is 24.3 Å². The summed E-state index contributed by atoms with van der Waals surface area (Å²) in [5.74, 6) is -2.06. The summed E-state index contributed by atoms with van der Waals surface area (Å²) in [5, 5.41) is 13.1. The Hall–Kier alpha value is -3.29. The van der Waals surface area contributed by atoms with Crippen molar-refractivity contribution in [3.63, 3.8) is 0 Å². The van der Waals surface area contributed by atoms with Gasteiger partial charge in [0.05, 0.1) is 4.92 Å². The summed E-state index contributed by atoms with van der Waals surface area (Å²) >= 11 is 0. The summed E-state index contributed by atoms with van der Waals surface area (Å²) in [7, 11) is 0. The molecule has 0 spiro atoms. The number of hydrogen-bond acceptors (Lipinski definition) is 4. The predicted octanol–water partition coefficient (Wildman–Crippen LogP) is 4.13. The molecule has 8 heteroatoms. The first-order valence-electron chi connectivity index (χ1n) is 8.41. The number of anilines is 2. The first kappa shape index (κ1) is 18.5. The molecule has 1 heterocycles. The minimum Gasteiger partial charge on any atom is -0.367 e. The van der Waals surface area contributed by atoms with Crippen LogP contribution < -0.4 is 10.2 Å². The van der Waals surface area contributed by atoms with Gasteiger partial charge in [0, 0.05) is 37.0 Å². The molecule has 27 heavy (non-hydrogen) atoms. The zero-order chi connectivity index (χ0) is 19.4. The number of nitrogens with zero attached hydrogens (tertiary/aromatic N) is 2. The van der Waals surface area contributed by atoms with Crippen molar-refractivity contribution in [3.05, 3.63) is 69.8 Å². The van der Waals surface area contributed by atoms with E-state index in [4.69, 9.17) is 0 Å². The van der Waals surface area contributed by atoms with Crippen LogP contribution in [0.15, 0.2) is 42.5 Å². The van der Waals surface area contributed by atoms with Gasteiger partial charge in [-0.3, -0.25) is 14.9 Å². The molecule has 1 saturated heterocycles. The van der Waals surface area contributed by atoms with Gasteiger partial charge in [-0.1, -0.05) is 12.1 Å². The third kappa shape index (κ3) is 4.46. The highest BCUT2D eigenvalue weighted by Gasteiger charge is 2.21. The van der Waals surface area contributed by atoms with Gasteiger partial charge in [0.25, 0.3) is 5.69 Å². The quantitative estimate of drug-likeness (QED) is 0.486. The van der Waals surface area contributed by atoms with E-state index in [1.807, 2.05) is 0 Å². The van der Waals surface area contributed by atoms with Gasteiger partial charge in [-0.15, -0.1) is 0 Å². The van der Waals surface area contributed by atoms with Gasteiger partial charge in [-0.2, -0.15) is 0 Å². The lowest BCUT2D eigenvalue weighted by atomic mass is 10.2. The van der Waals surface area contributed by atoms with Gasteiger partial charge >= 0.3 is 0 Å². The number of nitro groups is 1. The summed E-state index contributed by atoms with van der Waals surface area (Å²) in [6.45, 7) is 1.21. The lowest BCUT2D eigenvalue weighted by molar-refractivity contribution is -0.384. The second-order valence-corrected chi connectivity index (χ2v) is 6.16. The number of non-ortho nitro benzene ring substituents is 1. The monoisotopic (exact) mass is 373 g/mol. The minimum absolute atomic E-state index is 0.00152. The van der Waals surface area contributed by atoms with E-state index in [-0.39, 0.29) is 17.1 Å². The van der Waals surface area contributed by atoms with E-state index in [0.717, 1.165) is 31.1 Å². The molecule has 1 aliphatic rings. The molecule has 2 aromatic carbocycles. The maximum Gasteiger partial charge on any atom is 0.270 e. The number of hydrogen-bond donors (Lipinski definition) is 1. The highest BCUT2D eigenvalue weighted by atomic mass is 19.1. The number of carbonyl (C=O) groups is 1. The number of halogens is 2.